The zero-order valence-corrected chi connectivity index (χ0v) is 10.2. The van der Waals surface area contributed by atoms with Crippen LogP contribution in [0.1, 0.15) is 12.0 Å². The van der Waals surface area contributed by atoms with Crippen molar-refractivity contribution in [2.24, 2.45) is 0 Å². The van der Waals surface area contributed by atoms with Crippen LogP contribution in [0, 0.1) is 0 Å². The van der Waals surface area contributed by atoms with Gasteiger partial charge in [0.15, 0.2) is 0 Å². The van der Waals surface area contributed by atoms with E-state index in [1.54, 1.807) is 7.11 Å². The van der Waals surface area contributed by atoms with Crippen LogP contribution in [-0.4, -0.2) is 38.6 Å². The number of methoxy groups -OCH3 is 1. The highest BCUT2D eigenvalue weighted by Crippen LogP contribution is 2.17. The minimum Gasteiger partial charge on any atom is -0.491 e. The molecule has 0 heterocycles. The van der Waals surface area contributed by atoms with Crippen molar-refractivity contribution in [2.45, 2.75) is 13.0 Å². The van der Waals surface area contributed by atoms with E-state index in [1.165, 1.54) is 0 Å². The van der Waals surface area contributed by atoms with E-state index in [-0.39, 0.29) is 6.61 Å². The Morgan fingerprint density at radius 3 is 2.65 bits per heavy atom. The number of aliphatic hydroxyl groups is 1. The summed E-state index contributed by atoms with van der Waals surface area (Å²) in [7, 11) is 1.68. The monoisotopic (exact) mass is 240 g/mol. The molecule has 0 bridgehead atoms. The molecule has 96 valence electrons. The Hall–Kier alpha value is -1.10. The minimum atomic E-state index is -0.00906. The molecule has 1 aromatic carbocycles. The second kappa shape index (κ2) is 8.98. The Bertz CT molecular complexity index is 301. The van der Waals surface area contributed by atoms with Crippen LogP contribution < -0.4 is 4.74 Å². The summed E-state index contributed by atoms with van der Waals surface area (Å²) in [5.74, 6) is 0.718. The van der Waals surface area contributed by atoms with Gasteiger partial charge in [-0.15, -0.1) is 0 Å². The third-order valence-electron chi connectivity index (χ3n) is 2.27. The van der Waals surface area contributed by atoms with E-state index in [2.05, 4.69) is 0 Å². The quantitative estimate of drug-likeness (QED) is 0.666. The van der Waals surface area contributed by atoms with E-state index in [4.69, 9.17) is 19.3 Å². The van der Waals surface area contributed by atoms with Crippen LogP contribution in [0.5, 0.6) is 5.75 Å². The first-order valence-corrected chi connectivity index (χ1v) is 5.76. The number of hydrogen-bond donors (Lipinski definition) is 1. The molecule has 1 rings (SSSR count). The number of hydrogen-bond acceptors (Lipinski definition) is 4. The van der Waals surface area contributed by atoms with Gasteiger partial charge in [-0.05, 0) is 12.5 Å². The van der Waals surface area contributed by atoms with E-state index in [0.717, 1.165) is 17.7 Å². The lowest BCUT2D eigenvalue weighted by Gasteiger charge is -2.10. The molecule has 0 saturated carbocycles. The van der Waals surface area contributed by atoms with Crippen molar-refractivity contribution in [1.29, 1.82) is 0 Å². The summed E-state index contributed by atoms with van der Waals surface area (Å²) in [4.78, 5) is 0. The normalized spacial score (nSPS) is 10.5. The van der Waals surface area contributed by atoms with E-state index in [1.807, 2.05) is 24.3 Å². The van der Waals surface area contributed by atoms with Crippen molar-refractivity contribution in [2.75, 3.05) is 33.5 Å². The van der Waals surface area contributed by atoms with Gasteiger partial charge < -0.3 is 19.3 Å². The van der Waals surface area contributed by atoms with Gasteiger partial charge in [0.05, 0.1) is 13.2 Å². The predicted octanol–water partition coefficient (Wildman–Crippen LogP) is 1.61. The van der Waals surface area contributed by atoms with Gasteiger partial charge in [0.25, 0.3) is 0 Å². The summed E-state index contributed by atoms with van der Waals surface area (Å²) in [6.45, 7) is 2.42. The summed E-state index contributed by atoms with van der Waals surface area (Å²) >= 11 is 0. The highest BCUT2D eigenvalue weighted by molar-refractivity contribution is 5.32. The molecule has 1 aromatic rings. The molecule has 0 fully saturated rings. The largest absolute Gasteiger partial charge is 0.491 e. The molecule has 4 nitrogen and oxygen atoms in total. The van der Waals surface area contributed by atoms with Crippen LogP contribution in [0.3, 0.4) is 0 Å². The van der Waals surface area contributed by atoms with E-state index >= 15 is 0 Å². The van der Waals surface area contributed by atoms with Crippen molar-refractivity contribution < 1.29 is 19.3 Å². The van der Waals surface area contributed by atoms with Crippen molar-refractivity contribution in [3.05, 3.63) is 29.8 Å². The lowest BCUT2D eigenvalue weighted by molar-refractivity contribution is 0.0800. The van der Waals surface area contributed by atoms with Crippen molar-refractivity contribution >= 4 is 0 Å². The maximum absolute atomic E-state index is 9.09. The van der Waals surface area contributed by atoms with Crippen LogP contribution in [-0.2, 0) is 16.1 Å². The van der Waals surface area contributed by atoms with Crippen molar-refractivity contribution in [3.8, 4) is 5.75 Å². The molecule has 0 unspecified atom stereocenters. The molecule has 0 saturated heterocycles. The van der Waals surface area contributed by atoms with Gasteiger partial charge in [0.1, 0.15) is 12.4 Å². The highest BCUT2D eigenvalue weighted by Gasteiger charge is 2.00. The molecule has 0 radical (unpaired) electrons. The predicted molar refractivity (Wildman–Crippen MR) is 65.2 cm³/mol. The maximum atomic E-state index is 9.09. The van der Waals surface area contributed by atoms with Crippen LogP contribution in [0.25, 0.3) is 0 Å². The molecule has 0 aliphatic heterocycles. The fourth-order valence-electron chi connectivity index (χ4n) is 1.39. The summed E-state index contributed by atoms with van der Waals surface area (Å²) in [6, 6.07) is 7.44. The Kier molecular flexibility index (Phi) is 7.38. The van der Waals surface area contributed by atoms with Gasteiger partial charge in [0.2, 0.25) is 0 Å². The molecule has 0 spiro atoms. The first kappa shape index (κ1) is 14.0. The Morgan fingerprint density at radius 1 is 1.06 bits per heavy atom. The van der Waals surface area contributed by atoms with E-state index in [0.29, 0.717) is 26.4 Å². The summed E-state index contributed by atoms with van der Waals surface area (Å²) < 4.78 is 15.8. The molecule has 17 heavy (non-hydrogen) atoms. The molecule has 0 aliphatic carbocycles. The average molecular weight is 240 g/mol. The second-order valence-electron chi connectivity index (χ2n) is 3.57. The molecular weight excluding hydrogens is 220 g/mol. The topological polar surface area (TPSA) is 47.9 Å². The number of benzene rings is 1. The summed E-state index contributed by atoms with van der Waals surface area (Å²) in [5, 5.41) is 9.09. The van der Waals surface area contributed by atoms with E-state index < -0.39 is 0 Å². The molecule has 0 aliphatic rings. The fourth-order valence-corrected chi connectivity index (χ4v) is 1.39. The lowest BCUT2D eigenvalue weighted by Crippen LogP contribution is -2.09. The Balaban J connectivity index is 2.13. The van der Waals surface area contributed by atoms with Crippen LogP contribution >= 0.6 is 0 Å². The third kappa shape index (κ3) is 5.68. The molecule has 1 N–H and O–H groups in total. The Labute approximate surface area is 102 Å². The van der Waals surface area contributed by atoms with Gasteiger partial charge in [-0.1, -0.05) is 18.2 Å². The number of rotatable bonds is 9. The van der Waals surface area contributed by atoms with Gasteiger partial charge in [-0.25, -0.2) is 0 Å². The fraction of sp³-hybridized carbons (Fsp3) is 0.538. The van der Waals surface area contributed by atoms with Crippen molar-refractivity contribution in [3.63, 3.8) is 0 Å². The lowest BCUT2D eigenvalue weighted by atomic mass is 10.2. The Morgan fingerprint density at radius 2 is 1.88 bits per heavy atom. The SMILES string of the molecule is COCCCOCCOc1ccccc1CO. The first-order chi connectivity index (χ1) is 8.38. The van der Waals surface area contributed by atoms with Crippen molar-refractivity contribution in [1.82, 2.24) is 0 Å². The van der Waals surface area contributed by atoms with Crippen LogP contribution in [0.15, 0.2) is 24.3 Å². The molecule has 0 aromatic heterocycles. The second-order valence-corrected chi connectivity index (χ2v) is 3.57. The first-order valence-electron chi connectivity index (χ1n) is 5.76. The van der Waals surface area contributed by atoms with E-state index in [9.17, 15) is 0 Å². The molecule has 4 heteroatoms. The number of para-hydroxylation sites is 1. The zero-order valence-electron chi connectivity index (χ0n) is 10.2. The van der Waals surface area contributed by atoms with Crippen LogP contribution in [0.4, 0.5) is 0 Å². The maximum Gasteiger partial charge on any atom is 0.124 e. The van der Waals surface area contributed by atoms with Gasteiger partial charge in [-0.2, -0.15) is 0 Å². The summed E-state index contributed by atoms with van der Waals surface area (Å²) in [5.41, 5.74) is 0.798. The van der Waals surface area contributed by atoms with Gasteiger partial charge >= 0.3 is 0 Å². The highest BCUT2D eigenvalue weighted by atomic mass is 16.5. The standard InChI is InChI=1S/C13H20O4/c1-15-7-4-8-16-9-10-17-13-6-3-2-5-12(13)11-14/h2-3,5-6,14H,4,7-11H2,1H3. The smallest absolute Gasteiger partial charge is 0.124 e. The summed E-state index contributed by atoms with van der Waals surface area (Å²) in [6.07, 6.45) is 0.893. The van der Waals surface area contributed by atoms with Crippen LogP contribution in [0.2, 0.25) is 0 Å². The zero-order chi connectivity index (χ0) is 12.3. The molecular formula is C13H20O4. The number of ether oxygens (including phenoxy) is 3. The third-order valence-corrected chi connectivity index (χ3v) is 2.27. The molecule has 0 amide bonds. The molecule has 0 atom stereocenters. The minimum absolute atomic E-state index is 0.00906. The van der Waals surface area contributed by atoms with Gasteiger partial charge in [0, 0.05) is 25.9 Å². The van der Waals surface area contributed by atoms with Gasteiger partial charge in [-0.3, -0.25) is 0 Å². The average Bonchev–Trinajstić information content (AvgIpc) is 2.38. The number of aliphatic hydroxyl groups excluding tert-OH is 1.